The monoisotopic (exact) mass is 265 g/mol. The van der Waals surface area contributed by atoms with Crippen LogP contribution in [0.15, 0.2) is 27.6 Å². The molecule has 0 aliphatic carbocycles. The van der Waals surface area contributed by atoms with Crippen LogP contribution in [0, 0.1) is 6.92 Å². The third kappa shape index (κ3) is 3.16. The van der Waals surface area contributed by atoms with Crippen molar-refractivity contribution in [2.24, 2.45) is 0 Å². The highest BCUT2D eigenvalue weighted by Gasteiger charge is 2.07. The van der Waals surface area contributed by atoms with E-state index in [1.165, 1.54) is 0 Å². The molecular formula is C12H15N3O2S. The van der Waals surface area contributed by atoms with Crippen LogP contribution in [0.2, 0.25) is 0 Å². The molecule has 0 spiro atoms. The van der Waals surface area contributed by atoms with Crippen LogP contribution in [0.1, 0.15) is 18.6 Å². The Balaban J connectivity index is 2.05. The predicted octanol–water partition coefficient (Wildman–Crippen LogP) is 2.65. The quantitative estimate of drug-likeness (QED) is 0.661. The Morgan fingerprint density at radius 3 is 2.94 bits per heavy atom. The number of hydrogen-bond donors (Lipinski definition) is 1. The Hall–Kier alpha value is -1.69. The molecule has 2 aromatic rings. The van der Waals surface area contributed by atoms with Gasteiger partial charge in [0.2, 0.25) is 5.89 Å². The highest BCUT2D eigenvalue weighted by molar-refractivity contribution is 7.98. The fraction of sp³-hybridized carbons (Fsp3) is 0.333. The Kier molecular flexibility index (Phi) is 4.09. The van der Waals surface area contributed by atoms with Gasteiger partial charge < -0.3 is 15.0 Å². The molecule has 0 unspecified atom stereocenters. The molecule has 2 rings (SSSR count). The van der Waals surface area contributed by atoms with Crippen LogP contribution < -0.4 is 10.5 Å². The summed E-state index contributed by atoms with van der Waals surface area (Å²) in [4.78, 5) is 5.10. The van der Waals surface area contributed by atoms with Crippen molar-refractivity contribution in [3.8, 4) is 5.75 Å². The van der Waals surface area contributed by atoms with Gasteiger partial charge in [-0.2, -0.15) is 4.98 Å². The lowest BCUT2D eigenvalue weighted by Gasteiger charge is -2.07. The lowest BCUT2D eigenvalue weighted by Crippen LogP contribution is -1.94. The molecular weight excluding hydrogens is 250 g/mol. The molecule has 0 fully saturated rings. The summed E-state index contributed by atoms with van der Waals surface area (Å²) < 4.78 is 10.5. The molecule has 1 aromatic heterocycles. The second kappa shape index (κ2) is 5.77. The molecule has 0 aliphatic rings. The van der Waals surface area contributed by atoms with Crippen molar-refractivity contribution in [2.45, 2.75) is 24.5 Å². The van der Waals surface area contributed by atoms with Crippen LogP contribution >= 0.6 is 11.8 Å². The van der Waals surface area contributed by atoms with Crippen molar-refractivity contribution in [2.75, 3.05) is 12.3 Å². The van der Waals surface area contributed by atoms with E-state index in [9.17, 15) is 0 Å². The number of nitrogen functional groups attached to an aromatic ring is 1. The van der Waals surface area contributed by atoms with E-state index in [1.54, 1.807) is 18.7 Å². The smallest absolute Gasteiger partial charge is 0.236 e. The highest BCUT2D eigenvalue weighted by Crippen LogP contribution is 2.31. The molecule has 0 saturated carbocycles. The lowest BCUT2D eigenvalue weighted by molar-refractivity contribution is 0.339. The molecule has 96 valence electrons. The number of rotatable bonds is 5. The number of nitrogens with zero attached hydrogens (tertiary/aromatic N) is 2. The first kappa shape index (κ1) is 12.8. The zero-order valence-electron chi connectivity index (χ0n) is 10.3. The van der Waals surface area contributed by atoms with Gasteiger partial charge in [0, 0.05) is 10.6 Å². The summed E-state index contributed by atoms with van der Waals surface area (Å²) in [6.07, 6.45) is 0. The predicted molar refractivity (Wildman–Crippen MR) is 70.6 cm³/mol. The molecule has 0 amide bonds. The SMILES string of the molecule is CCOc1ccc(N)c(SCc2nc(C)no2)c1. The number of aromatic nitrogens is 2. The van der Waals surface area contributed by atoms with Gasteiger partial charge in [-0.1, -0.05) is 5.16 Å². The topological polar surface area (TPSA) is 74.2 Å². The molecule has 0 saturated heterocycles. The Morgan fingerprint density at radius 2 is 2.28 bits per heavy atom. The number of anilines is 1. The van der Waals surface area contributed by atoms with Gasteiger partial charge in [-0.25, -0.2) is 0 Å². The zero-order valence-corrected chi connectivity index (χ0v) is 11.2. The van der Waals surface area contributed by atoms with Gasteiger partial charge in [0.25, 0.3) is 0 Å². The Morgan fingerprint density at radius 1 is 1.44 bits per heavy atom. The largest absolute Gasteiger partial charge is 0.494 e. The summed E-state index contributed by atoms with van der Waals surface area (Å²) >= 11 is 1.55. The standard InChI is InChI=1S/C12H15N3O2S/c1-3-16-9-4-5-10(13)11(6-9)18-7-12-14-8(2)15-17-12/h4-6H,3,7,13H2,1-2H3. The van der Waals surface area contributed by atoms with E-state index in [-0.39, 0.29) is 0 Å². The first-order valence-corrected chi connectivity index (χ1v) is 6.62. The maximum absolute atomic E-state index is 5.91. The fourth-order valence-electron chi connectivity index (χ4n) is 1.43. The minimum absolute atomic E-state index is 0.596. The van der Waals surface area contributed by atoms with E-state index in [0.29, 0.717) is 24.1 Å². The average molecular weight is 265 g/mol. The minimum atomic E-state index is 0.596. The summed E-state index contributed by atoms with van der Waals surface area (Å²) in [5.41, 5.74) is 6.63. The van der Waals surface area contributed by atoms with Crippen LogP contribution in [-0.2, 0) is 5.75 Å². The van der Waals surface area contributed by atoms with Gasteiger partial charge in [-0.15, -0.1) is 11.8 Å². The molecule has 18 heavy (non-hydrogen) atoms. The van der Waals surface area contributed by atoms with Crippen LogP contribution in [0.25, 0.3) is 0 Å². The van der Waals surface area contributed by atoms with E-state index in [0.717, 1.165) is 16.3 Å². The summed E-state index contributed by atoms with van der Waals surface area (Å²) in [7, 11) is 0. The van der Waals surface area contributed by atoms with Gasteiger partial charge >= 0.3 is 0 Å². The van der Waals surface area contributed by atoms with Gasteiger partial charge in [0.15, 0.2) is 5.82 Å². The number of aryl methyl sites for hydroxylation is 1. The van der Waals surface area contributed by atoms with E-state index < -0.39 is 0 Å². The highest BCUT2D eigenvalue weighted by atomic mass is 32.2. The number of ether oxygens (including phenoxy) is 1. The first-order valence-electron chi connectivity index (χ1n) is 5.63. The van der Waals surface area contributed by atoms with Gasteiger partial charge in [-0.3, -0.25) is 0 Å². The van der Waals surface area contributed by atoms with E-state index in [2.05, 4.69) is 10.1 Å². The zero-order chi connectivity index (χ0) is 13.0. The average Bonchev–Trinajstić information content (AvgIpc) is 2.76. The first-order chi connectivity index (χ1) is 8.69. The fourth-order valence-corrected chi connectivity index (χ4v) is 2.26. The van der Waals surface area contributed by atoms with Gasteiger partial charge in [-0.05, 0) is 32.0 Å². The van der Waals surface area contributed by atoms with Crippen molar-refractivity contribution in [1.29, 1.82) is 0 Å². The maximum atomic E-state index is 5.91. The third-order valence-corrected chi connectivity index (χ3v) is 3.27. The molecule has 0 radical (unpaired) electrons. The van der Waals surface area contributed by atoms with E-state index in [4.69, 9.17) is 15.0 Å². The number of benzene rings is 1. The van der Waals surface area contributed by atoms with Crippen molar-refractivity contribution in [1.82, 2.24) is 10.1 Å². The molecule has 5 nitrogen and oxygen atoms in total. The van der Waals surface area contributed by atoms with E-state index in [1.807, 2.05) is 25.1 Å². The van der Waals surface area contributed by atoms with Gasteiger partial charge in [0.05, 0.1) is 12.4 Å². The number of nitrogens with two attached hydrogens (primary N) is 1. The van der Waals surface area contributed by atoms with Crippen LogP contribution in [0.3, 0.4) is 0 Å². The molecule has 1 aromatic carbocycles. The van der Waals surface area contributed by atoms with E-state index >= 15 is 0 Å². The van der Waals surface area contributed by atoms with Crippen LogP contribution in [-0.4, -0.2) is 16.7 Å². The summed E-state index contributed by atoms with van der Waals surface area (Å²) in [6.45, 7) is 4.38. The summed E-state index contributed by atoms with van der Waals surface area (Å²) in [6, 6.07) is 5.62. The third-order valence-electron chi connectivity index (χ3n) is 2.22. The lowest BCUT2D eigenvalue weighted by atomic mass is 10.3. The number of thioether (sulfide) groups is 1. The summed E-state index contributed by atoms with van der Waals surface area (Å²) in [5.74, 6) is 2.65. The number of hydrogen-bond acceptors (Lipinski definition) is 6. The molecule has 0 bridgehead atoms. The van der Waals surface area contributed by atoms with Crippen LogP contribution in [0.5, 0.6) is 5.75 Å². The van der Waals surface area contributed by atoms with Crippen molar-refractivity contribution < 1.29 is 9.26 Å². The second-order valence-electron chi connectivity index (χ2n) is 3.66. The Bertz CT molecular complexity index is 528. The Labute approximate surface area is 110 Å². The maximum Gasteiger partial charge on any atom is 0.236 e. The molecule has 0 aliphatic heterocycles. The van der Waals surface area contributed by atoms with Crippen molar-refractivity contribution in [3.05, 3.63) is 29.9 Å². The summed E-state index contributed by atoms with van der Waals surface area (Å²) in [5, 5.41) is 3.74. The normalized spacial score (nSPS) is 10.6. The molecule has 1 heterocycles. The van der Waals surface area contributed by atoms with Crippen molar-refractivity contribution >= 4 is 17.4 Å². The molecule has 0 atom stereocenters. The molecule has 6 heteroatoms. The van der Waals surface area contributed by atoms with Gasteiger partial charge in [0.1, 0.15) is 5.75 Å². The second-order valence-corrected chi connectivity index (χ2v) is 4.67. The van der Waals surface area contributed by atoms with Crippen molar-refractivity contribution in [3.63, 3.8) is 0 Å². The van der Waals surface area contributed by atoms with Crippen LogP contribution in [0.4, 0.5) is 5.69 Å². The minimum Gasteiger partial charge on any atom is -0.494 e. The molecule has 2 N–H and O–H groups in total.